The number of benzene rings is 2. The summed E-state index contributed by atoms with van der Waals surface area (Å²) in [5.41, 5.74) is 1.90. The van der Waals surface area contributed by atoms with Gasteiger partial charge in [-0.3, -0.25) is 4.79 Å². The molecular weight excluding hydrogens is 366 g/mol. The molecule has 1 unspecified atom stereocenters. The lowest BCUT2D eigenvalue weighted by Crippen LogP contribution is -2.37. The number of carbonyl (C=O) groups excluding carboxylic acids is 1. The molecule has 2 N–H and O–H groups in total. The van der Waals surface area contributed by atoms with Gasteiger partial charge in [-0.1, -0.05) is 37.6 Å². The van der Waals surface area contributed by atoms with Crippen molar-refractivity contribution < 1.29 is 14.3 Å². The van der Waals surface area contributed by atoms with Gasteiger partial charge in [0.05, 0.1) is 6.54 Å². The number of aryl methyl sites for hydroxylation is 1. The van der Waals surface area contributed by atoms with Crippen LogP contribution in [0.4, 0.5) is 5.69 Å². The fraction of sp³-hybridized carbons (Fsp3) is 0.304. The third-order valence-electron chi connectivity index (χ3n) is 4.56. The highest BCUT2D eigenvalue weighted by Gasteiger charge is 2.20. The summed E-state index contributed by atoms with van der Waals surface area (Å²) in [5, 5.41) is 15.0. The third kappa shape index (κ3) is 5.76. The van der Waals surface area contributed by atoms with Gasteiger partial charge >= 0.3 is 0 Å². The van der Waals surface area contributed by atoms with Crippen LogP contribution in [-0.2, 0) is 11.2 Å². The minimum Gasteiger partial charge on any atom is -0.486 e. The number of nitrogens with one attached hydrogen (secondary N) is 2. The molecule has 0 radical (unpaired) electrons. The van der Waals surface area contributed by atoms with E-state index in [2.05, 4.69) is 17.6 Å². The van der Waals surface area contributed by atoms with Crippen LogP contribution < -0.4 is 20.1 Å². The van der Waals surface area contributed by atoms with E-state index in [1.54, 1.807) is 0 Å². The van der Waals surface area contributed by atoms with Gasteiger partial charge in [0, 0.05) is 11.9 Å². The molecule has 1 atom stereocenters. The second kappa shape index (κ2) is 10.2. The lowest BCUT2D eigenvalue weighted by molar-refractivity contribution is -0.112. The molecule has 0 aromatic heterocycles. The SMILES string of the molecule is CCCCc1ccc(NC(=O)/C(C#N)=C\NCC2COc3ccccc3O2)cc1. The van der Waals surface area contributed by atoms with Crippen molar-refractivity contribution in [2.24, 2.45) is 0 Å². The first-order chi connectivity index (χ1) is 14.2. The number of rotatable bonds is 8. The van der Waals surface area contributed by atoms with E-state index in [1.165, 1.54) is 11.8 Å². The van der Waals surface area contributed by atoms with Gasteiger partial charge in [0.2, 0.25) is 0 Å². The Bertz CT molecular complexity index is 900. The van der Waals surface area contributed by atoms with E-state index >= 15 is 0 Å². The molecule has 1 heterocycles. The van der Waals surface area contributed by atoms with E-state index in [-0.39, 0.29) is 11.7 Å². The summed E-state index contributed by atoms with van der Waals surface area (Å²) >= 11 is 0. The number of unbranched alkanes of at least 4 members (excludes halogenated alkanes) is 1. The second-order valence-electron chi connectivity index (χ2n) is 6.83. The molecule has 0 fully saturated rings. The Balaban J connectivity index is 1.50. The summed E-state index contributed by atoms with van der Waals surface area (Å²) in [5.74, 6) is 0.958. The van der Waals surface area contributed by atoms with Crippen molar-refractivity contribution in [2.75, 3.05) is 18.5 Å². The van der Waals surface area contributed by atoms with Gasteiger partial charge in [0.1, 0.15) is 24.4 Å². The zero-order valence-electron chi connectivity index (χ0n) is 16.5. The molecule has 0 bridgehead atoms. The summed E-state index contributed by atoms with van der Waals surface area (Å²) in [6.45, 7) is 2.97. The van der Waals surface area contributed by atoms with Crippen molar-refractivity contribution in [3.63, 3.8) is 0 Å². The van der Waals surface area contributed by atoms with E-state index in [4.69, 9.17) is 9.47 Å². The number of anilines is 1. The Labute approximate surface area is 171 Å². The zero-order valence-corrected chi connectivity index (χ0v) is 16.5. The predicted octanol–water partition coefficient (Wildman–Crippen LogP) is 3.80. The highest BCUT2D eigenvalue weighted by Crippen LogP contribution is 2.30. The first kappa shape index (κ1) is 20.3. The van der Waals surface area contributed by atoms with Crippen LogP contribution in [0.15, 0.2) is 60.3 Å². The molecule has 6 heteroatoms. The molecule has 0 spiro atoms. The first-order valence-electron chi connectivity index (χ1n) is 9.82. The lowest BCUT2D eigenvalue weighted by Gasteiger charge is -2.26. The number of para-hydroxylation sites is 2. The van der Waals surface area contributed by atoms with E-state index in [9.17, 15) is 10.1 Å². The Kier molecular flexibility index (Phi) is 7.12. The summed E-state index contributed by atoms with van der Waals surface area (Å²) in [7, 11) is 0. The monoisotopic (exact) mass is 391 g/mol. The standard InChI is InChI=1S/C23H25N3O3/c1-2-3-6-17-9-11-19(12-10-17)26-23(27)18(13-24)14-25-15-20-16-28-21-7-4-5-8-22(21)29-20/h4-5,7-12,14,20,25H,2-3,6,15-16H2,1H3,(H,26,27)/b18-14-. The van der Waals surface area contributed by atoms with Crippen LogP contribution in [0.25, 0.3) is 0 Å². The van der Waals surface area contributed by atoms with Crippen LogP contribution in [0.2, 0.25) is 0 Å². The van der Waals surface area contributed by atoms with Crippen molar-refractivity contribution in [3.05, 3.63) is 65.9 Å². The summed E-state index contributed by atoms with van der Waals surface area (Å²) in [4.78, 5) is 12.3. The van der Waals surface area contributed by atoms with Crippen LogP contribution in [0.1, 0.15) is 25.3 Å². The lowest BCUT2D eigenvalue weighted by atomic mass is 10.1. The molecule has 2 aromatic carbocycles. The molecule has 29 heavy (non-hydrogen) atoms. The topological polar surface area (TPSA) is 83.4 Å². The third-order valence-corrected chi connectivity index (χ3v) is 4.56. The number of ether oxygens (including phenoxy) is 2. The van der Waals surface area contributed by atoms with Crippen LogP contribution in [-0.4, -0.2) is 25.2 Å². The van der Waals surface area contributed by atoms with E-state index in [1.807, 2.05) is 54.6 Å². The van der Waals surface area contributed by atoms with Gasteiger partial charge in [-0.25, -0.2) is 0 Å². The highest BCUT2D eigenvalue weighted by atomic mass is 16.6. The molecule has 0 aliphatic carbocycles. The fourth-order valence-electron chi connectivity index (χ4n) is 2.94. The van der Waals surface area contributed by atoms with E-state index in [0.29, 0.717) is 24.6 Å². The van der Waals surface area contributed by atoms with Crippen molar-refractivity contribution in [1.29, 1.82) is 5.26 Å². The van der Waals surface area contributed by atoms with Crippen molar-refractivity contribution in [2.45, 2.75) is 32.3 Å². The highest BCUT2D eigenvalue weighted by molar-refractivity contribution is 6.06. The number of hydrogen-bond donors (Lipinski definition) is 2. The molecule has 1 aliphatic rings. The molecule has 0 saturated carbocycles. The van der Waals surface area contributed by atoms with Crippen molar-refractivity contribution in [1.82, 2.24) is 5.32 Å². The molecule has 6 nitrogen and oxygen atoms in total. The molecular formula is C23H25N3O3. The minimum absolute atomic E-state index is 0.00260. The first-order valence-corrected chi connectivity index (χ1v) is 9.82. The van der Waals surface area contributed by atoms with Gasteiger partial charge in [-0.15, -0.1) is 0 Å². The maximum atomic E-state index is 12.3. The van der Waals surface area contributed by atoms with Crippen molar-refractivity contribution in [3.8, 4) is 17.6 Å². The number of carbonyl (C=O) groups is 1. The zero-order chi connectivity index (χ0) is 20.5. The Morgan fingerprint density at radius 3 is 2.69 bits per heavy atom. The molecule has 0 saturated heterocycles. The van der Waals surface area contributed by atoms with E-state index in [0.717, 1.165) is 25.0 Å². The summed E-state index contributed by atoms with van der Waals surface area (Å²) in [6.07, 6.45) is 4.51. The Morgan fingerprint density at radius 2 is 1.97 bits per heavy atom. The number of hydrogen-bond acceptors (Lipinski definition) is 5. The van der Waals surface area contributed by atoms with Gasteiger partial charge in [-0.05, 0) is 42.7 Å². The normalized spacial score (nSPS) is 15.3. The second-order valence-corrected chi connectivity index (χ2v) is 6.83. The molecule has 1 aliphatic heterocycles. The minimum atomic E-state index is -0.451. The summed E-state index contributed by atoms with van der Waals surface area (Å²) in [6, 6.07) is 17.1. The summed E-state index contributed by atoms with van der Waals surface area (Å²) < 4.78 is 11.5. The molecule has 1 amide bonds. The van der Waals surface area contributed by atoms with Crippen LogP contribution in [0.3, 0.4) is 0 Å². The molecule has 3 rings (SSSR count). The number of fused-ring (bicyclic) bond motifs is 1. The Morgan fingerprint density at radius 1 is 1.21 bits per heavy atom. The van der Waals surface area contributed by atoms with Crippen LogP contribution >= 0.6 is 0 Å². The maximum Gasteiger partial charge on any atom is 0.267 e. The number of nitriles is 1. The quantitative estimate of drug-likeness (QED) is 0.528. The number of amides is 1. The Hall–Kier alpha value is -3.46. The largest absolute Gasteiger partial charge is 0.486 e. The van der Waals surface area contributed by atoms with Gasteiger partial charge < -0.3 is 20.1 Å². The molecule has 150 valence electrons. The predicted molar refractivity (Wildman–Crippen MR) is 112 cm³/mol. The van der Waals surface area contributed by atoms with Crippen LogP contribution in [0.5, 0.6) is 11.5 Å². The van der Waals surface area contributed by atoms with Gasteiger partial charge in [0.25, 0.3) is 5.91 Å². The maximum absolute atomic E-state index is 12.3. The average molecular weight is 391 g/mol. The fourth-order valence-corrected chi connectivity index (χ4v) is 2.94. The molecule has 2 aromatic rings. The van der Waals surface area contributed by atoms with Gasteiger partial charge in [0.15, 0.2) is 11.5 Å². The number of nitrogens with zero attached hydrogens (tertiary/aromatic N) is 1. The van der Waals surface area contributed by atoms with Crippen molar-refractivity contribution >= 4 is 11.6 Å². The van der Waals surface area contributed by atoms with E-state index < -0.39 is 5.91 Å². The van der Waals surface area contributed by atoms with Gasteiger partial charge in [-0.2, -0.15) is 5.26 Å². The average Bonchev–Trinajstić information content (AvgIpc) is 2.76. The van der Waals surface area contributed by atoms with Crippen LogP contribution in [0, 0.1) is 11.3 Å². The smallest absolute Gasteiger partial charge is 0.267 e.